The number of nitrogens with two attached hydrogens (primary N) is 1. The van der Waals surface area contributed by atoms with Crippen LogP contribution in [-0.4, -0.2) is 79.0 Å². The van der Waals surface area contributed by atoms with Crippen molar-refractivity contribution in [1.82, 2.24) is 25.6 Å². The number of hydrogen-bond donors (Lipinski definition) is 3. The van der Waals surface area contributed by atoms with Gasteiger partial charge in [-0.2, -0.15) is 0 Å². The van der Waals surface area contributed by atoms with E-state index in [1.165, 1.54) is 0 Å². The van der Waals surface area contributed by atoms with E-state index < -0.39 is 12.2 Å². The number of para-hydroxylation sites is 1. The van der Waals surface area contributed by atoms with Crippen molar-refractivity contribution in [3.63, 3.8) is 0 Å². The minimum Gasteiger partial charge on any atom is -0.457 e. The van der Waals surface area contributed by atoms with E-state index in [1.807, 2.05) is 84.6 Å². The Balaban J connectivity index is 1.27. The molecule has 3 atom stereocenters. The Morgan fingerprint density at radius 1 is 1.11 bits per heavy atom. The summed E-state index contributed by atoms with van der Waals surface area (Å²) in [5, 5.41) is 0. The van der Waals surface area contributed by atoms with Gasteiger partial charge in [0.25, 0.3) is 5.91 Å². The number of carbonyl (C=O) groups excluding carboxylic acids is 2. The van der Waals surface area contributed by atoms with Crippen LogP contribution in [0.5, 0.6) is 11.5 Å². The predicted octanol–water partition coefficient (Wildman–Crippen LogP) is 1.62. The van der Waals surface area contributed by atoms with E-state index in [1.54, 1.807) is 6.08 Å². The molecular weight excluding hydrogens is 468 g/mol. The van der Waals surface area contributed by atoms with Gasteiger partial charge in [0.1, 0.15) is 17.5 Å². The van der Waals surface area contributed by atoms with Crippen molar-refractivity contribution in [3.8, 4) is 11.5 Å². The molecule has 0 radical (unpaired) electrons. The van der Waals surface area contributed by atoms with E-state index in [2.05, 4.69) is 22.0 Å². The molecule has 37 heavy (non-hydrogen) atoms. The van der Waals surface area contributed by atoms with Crippen LogP contribution in [0.15, 0.2) is 72.9 Å². The van der Waals surface area contributed by atoms with Gasteiger partial charge in [-0.1, -0.05) is 36.4 Å². The second-order valence-electron chi connectivity index (χ2n) is 10.1. The van der Waals surface area contributed by atoms with Crippen molar-refractivity contribution in [1.29, 1.82) is 0 Å². The highest BCUT2D eigenvalue weighted by atomic mass is 16.5. The Bertz CT molecular complexity index is 1170. The Kier molecular flexibility index (Phi) is 7.27. The molecule has 5 rings (SSSR count). The molecule has 194 valence electrons. The van der Waals surface area contributed by atoms with E-state index >= 15 is 0 Å². The molecule has 3 aliphatic heterocycles. The molecule has 0 aromatic heterocycles. The van der Waals surface area contributed by atoms with Crippen LogP contribution in [0.4, 0.5) is 0 Å². The fourth-order valence-electron chi connectivity index (χ4n) is 5.15. The molecular formula is C28H34N6O3. The molecule has 2 aromatic rings. The SMILES string of the molecule is CN(C)C/C=C/C(=O)N1CC(CN2C=C(c3ccc(Oc4ccccc4)cc3)C3C(N)NNC(=O)C32)C1. The van der Waals surface area contributed by atoms with Crippen molar-refractivity contribution in [2.24, 2.45) is 17.6 Å². The zero-order valence-corrected chi connectivity index (χ0v) is 21.2. The quantitative estimate of drug-likeness (QED) is 0.472. The molecule has 4 N–H and O–H groups in total. The van der Waals surface area contributed by atoms with Gasteiger partial charge in [0, 0.05) is 50.3 Å². The third-order valence-corrected chi connectivity index (χ3v) is 7.01. The first kappa shape index (κ1) is 25.0. The van der Waals surface area contributed by atoms with Crippen LogP contribution in [0, 0.1) is 11.8 Å². The molecule has 2 amide bonds. The first-order chi connectivity index (χ1) is 17.9. The summed E-state index contributed by atoms with van der Waals surface area (Å²) in [7, 11) is 3.94. The first-order valence-corrected chi connectivity index (χ1v) is 12.6. The zero-order valence-electron chi connectivity index (χ0n) is 21.2. The van der Waals surface area contributed by atoms with Gasteiger partial charge >= 0.3 is 0 Å². The lowest BCUT2D eigenvalue weighted by Crippen LogP contribution is -2.66. The van der Waals surface area contributed by atoms with Gasteiger partial charge < -0.3 is 25.2 Å². The summed E-state index contributed by atoms with van der Waals surface area (Å²) in [6, 6.07) is 17.1. The van der Waals surface area contributed by atoms with Gasteiger partial charge in [0.15, 0.2) is 0 Å². The number of hydrogen-bond acceptors (Lipinski definition) is 7. The summed E-state index contributed by atoms with van der Waals surface area (Å²) in [5.41, 5.74) is 14.1. The number of amides is 2. The molecule has 9 nitrogen and oxygen atoms in total. The number of likely N-dealkylation sites (tertiary alicyclic amines) is 1. The lowest BCUT2D eigenvalue weighted by molar-refractivity contribution is -0.135. The molecule has 0 spiro atoms. The van der Waals surface area contributed by atoms with Gasteiger partial charge in [-0.3, -0.25) is 15.0 Å². The number of likely N-dealkylation sites (N-methyl/N-ethyl adjacent to an activating group) is 1. The van der Waals surface area contributed by atoms with Crippen LogP contribution in [0.2, 0.25) is 0 Å². The molecule has 2 fully saturated rings. The molecule has 9 heteroatoms. The number of rotatable bonds is 8. The van der Waals surface area contributed by atoms with Crippen molar-refractivity contribution in [3.05, 3.63) is 78.5 Å². The summed E-state index contributed by atoms with van der Waals surface area (Å²) in [6.45, 7) is 2.78. The predicted molar refractivity (Wildman–Crippen MR) is 142 cm³/mol. The summed E-state index contributed by atoms with van der Waals surface area (Å²) < 4.78 is 5.93. The summed E-state index contributed by atoms with van der Waals surface area (Å²) >= 11 is 0. The Morgan fingerprint density at radius 3 is 2.51 bits per heavy atom. The Hall–Kier alpha value is -3.66. The van der Waals surface area contributed by atoms with E-state index in [9.17, 15) is 9.59 Å². The van der Waals surface area contributed by atoms with Crippen molar-refractivity contribution in [2.45, 2.75) is 12.2 Å². The van der Waals surface area contributed by atoms with Gasteiger partial charge in [-0.05, 0) is 49.5 Å². The van der Waals surface area contributed by atoms with E-state index in [0.29, 0.717) is 25.6 Å². The number of nitrogens with one attached hydrogen (secondary N) is 2. The molecule has 3 unspecified atom stereocenters. The van der Waals surface area contributed by atoms with Gasteiger partial charge in [-0.25, -0.2) is 5.43 Å². The van der Waals surface area contributed by atoms with Crippen LogP contribution >= 0.6 is 0 Å². The van der Waals surface area contributed by atoms with Crippen LogP contribution < -0.4 is 21.3 Å². The van der Waals surface area contributed by atoms with E-state index in [0.717, 1.165) is 29.2 Å². The van der Waals surface area contributed by atoms with Gasteiger partial charge in [-0.15, -0.1) is 0 Å². The number of carbonyl (C=O) groups is 2. The van der Waals surface area contributed by atoms with Crippen molar-refractivity contribution >= 4 is 17.4 Å². The van der Waals surface area contributed by atoms with E-state index in [4.69, 9.17) is 10.5 Å². The number of benzene rings is 2. The number of ether oxygens (including phenoxy) is 1. The molecule has 2 aromatic carbocycles. The van der Waals surface area contributed by atoms with Crippen LogP contribution in [0.1, 0.15) is 5.56 Å². The van der Waals surface area contributed by atoms with Crippen LogP contribution in [0.3, 0.4) is 0 Å². The average molecular weight is 503 g/mol. The summed E-state index contributed by atoms with van der Waals surface area (Å²) in [4.78, 5) is 31.2. The highest BCUT2D eigenvalue weighted by molar-refractivity contribution is 5.89. The zero-order chi connectivity index (χ0) is 25.9. The minimum atomic E-state index is -0.416. The summed E-state index contributed by atoms with van der Waals surface area (Å²) in [6.07, 6.45) is 5.17. The molecule has 0 bridgehead atoms. The molecule has 3 aliphatic rings. The maximum atomic E-state index is 12.9. The highest BCUT2D eigenvalue weighted by Gasteiger charge is 2.47. The molecule has 2 saturated heterocycles. The monoisotopic (exact) mass is 502 g/mol. The van der Waals surface area contributed by atoms with Gasteiger partial charge in [0.05, 0.1) is 6.17 Å². The van der Waals surface area contributed by atoms with Crippen molar-refractivity contribution in [2.75, 3.05) is 40.3 Å². The number of hydrazine groups is 1. The first-order valence-electron chi connectivity index (χ1n) is 12.6. The number of nitrogens with zero attached hydrogens (tertiary/aromatic N) is 3. The van der Waals surface area contributed by atoms with Gasteiger partial charge in [0.2, 0.25) is 5.91 Å². The largest absolute Gasteiger partial charge is 0.457 e. The van der Waals surface area contributed by atoms with E-state index in [-0.39, 0.29) is 17.7 Å². The lowest BCUT2D eigenvalue weighted by Gasteiger charge is -2.43. The number of fused-ring (bicyclic) bond motifs is 1. The third kappa shape index (κ3) is 5.53. The third-order valence-electron chi connectivity index (χ3n) is 7.01. The standard InChI is InChI=1S/C28H34N6O3/c1-32(2)14-6-9-24(35)33-15-19(16-33)17-34-18-23(25-26(34)28(36)31-30-27(25)29)20-10-12-22(13-11-20)37-21-7-4-3-5-8-21/h3-13,18-19,25-27,30H,14-17,29H2,1-2H3,(H,31,36)/b9-6+. The summed E-state index contributed by atoms with van der Waals surface area (Å²) in [5.74, 6) is 1.56. The molecule has 0 aliphatic carbocycles. The smallest absolute Gasteiger partial charge is 0.257 e. The van der Waals surface area contributed by atoms with Crippen molar-refractivity contribution < 1.29 is 14.3 Å². The highest BCUT2D eigenvalue weighted by Crippen LogP contribution is 2.39. The second kappa shape index (κ2) is 10.8. The topological polar surface area (TPSA) is 103 Å². The fraction of sp³-hybridized carbons (Fsp3) is 0.357. The molecule has 0 saturated carbocycles. The average Bonchev–Trinajstić information content (AvgIpc) is 3.25. The second-order valence-corrected chi connectivity index (χ2v) is 10.1. The maximum absolute atomic E-state index is 12.9. The fourth-order valence-corrected chi connectivity index (χ4v) is 5.15. The minimum absolute atomic E-state index is 0.0353. The Labute approximate surface area is 217 Å². The molecule has 3 heterocycles. The van der Waals surface area contributed by atoms with Crippen LogP contribution in [-0.2, 0) is 9.59 Å². The lowest BCUT2D eigenvalue weighted by atomic mass is 9.86. The maximum Gasteiger partial charge on any atom is 0.257 e. The normalized spacial score (nSPS) is 23.6. The van der Waals surface area contributed by atoms with Crippen LogP contribution in [0.25, 0.3) is 5.57 Å². The Morgan fingerprint density at radius 2 is 1.81 bits per heavy atom.